The van der Waals surface area contributed by atoms with E-state index in [1.54, 1.807) is 0 Å². The molecule has 0 aromatic carbocycles. The minimum absolute atomic E-state index is 0.0204. The zero-order valence-corrected chi connectivity index (χ0v) is 8.54. The first-order valence-electron chi connectivity index (χ1n) is 4.35. The molecule has 74 valence electrons. The van der Waals surface area contributed by atoms with Crippen molar-refractivity contribution in [1.82, 2.24) is 15.6 Å². The second-order valence-corrected chi connectivity index (χ2v) is 3.65. The molecule has 3 N–H and O–H groups in total. The van der Waals surface area contributed by atoms with Crippen LogP contribution in [0.25, 0.3) is 0 Å². The molecule has 0 saturated carbocycles. The molecule has 13 heavy (non-hydrogen) atoms. The van der Waals surface area contributed by atoms with E-state index in [1.165, 1.54) is 11.3 Å². The van der Waals surface area contributed by atoms with E-state index in [1.807, 2.05) is 12.4 Å². The first kappa shape index (κ1) is 10.4. The van der Waals surface area contributed by atoms with Crippen LogP contribution in [0.1, 0.15) is 12.1 Å². The third kappa shape index (κ3) is 4.21. The molecule has 0 bridgehead atoms. The van der Waals surface area contributed by atoms with Gasteiger partial charge in [-0.2, -0.15) is 0 Å². The van der Waals surface area contributed by atoms with Crippen molar-refractivity contribution in [2.75, 3.05) is 20.1 Å². The summed E-state index contributed by atoms with van der Waals surface area (Å²) in [6, 6.07) is 0. The second kappa shape index (κ2) is 5.90. The number of thiazole rings is 1. The summed E-state index contributed by atoms with van der Waals surface area (Å²) in [4.78, 5) is 13.5. The Balaban J connectivity index is 2.09. The smallest absolute Gasteiger partial charge is 0.304 e. The van der Waals surface area contributed by atoms with Gasteiger partial charge in [-0.15, -0.1) is 0 Å². The molecule has 1 aromatic rings. The zero-order chi connectivity index (χ0) is 9.52. The van der Waals surface area contributed by atoms with E-state index >= 15 is 0 Å². The highest BCUT2D eigenvalue weighted by Crippen LogP contribution is 1.93. The Morgan fingerprint density at radius 1 is 1.54 bits per heavy atom. The second-order valence-electron chi connectivity index (χ2n) is 2.81. The summed E-state index contributed by atoms with van der Waals surface area (Å²) >= 11 is 1.21. The highest BCUT2D eigenvalue weighted by Gasteiger charge is 1.94. The van der Waals surface area contributed by atoms with Crippen molar-refractivity contribution in [3.63, 3.8) is 0 Å². The number of nitrogens with one attached hydrogen (secondary N) is 3. The summed E-state index contributed by atoms with van der Waals surface area (Å²) in [5, 5.41) is 8.18. The standard InChI is InChI=1S/C8H15N3OS/c1-9-3-2-4-10-5-7-6-13-8(12)11-7/h6,9-10H,2-5H2,1H3,(H,11,12). The van der Waals surface area contributed by atoms with Crippen LogP contribution in [0.3, 0.4) is 0 Å². The molecule has 1 heterocycles. The first-order chi connectivity index (χ1) is 6.33. The Kier molecular flexibility index (Phi) is 4.74. The summed E-state index contributed by atoms with van der Waals surface area (Å²) in [5.41, 5.74) is 0.972. The summed E-state index contributed by atoms with van der Waals surface area (Å²) in [7, 11) is 1.94. The van der Waals surface area contributed by atoms with Crippen molar-refractivity contribution in [1.29, 1.82) is 0 Å². The van der Waals surface area contributed by atoms with Crippen LogP contribution in [-0.2, 0) is 6.54 Å². The van der Waals surface area contributed by atoms with E-state index in [0.29, 0.717) is 0 Å². The van der Waals surface area contributed by atoms with Gasteiger partial charge >= 0.3 is 4.87 Å². The predicted molar refractivity (Wildman–Crippen MR) is 55.2 cm³/mol. The highest BCUT2D eigenvalue weighted by molar-refractivity contribution is 7.07. The predicted octanol–water partition coefficient (Wildman–Crippen LogP) is 0.135. The molecular formula is C8H15N3OS. The molecule has 0 aliphatic rings. The maximum absolute atomic E-state index is 10.8. The minimum atomic E-state index is 0.0204. The molecule has 5 heteroatoms. The molecule has 0 amide bonds. The normalized spacial score (nSPS) is 10.5. The Hall–Kier alpha value is -0.650. The summed E-state index contributed by atoms with van der Waals surface area (Å²) in [6.07, 6.45) is 1.10. The van der Waals surface area contributed by atoms with Gasteiger partial charge in [0.1, 0.15) is 0 Å². The molecule has 4 nitrogen and oxygen atoms in total. The van der Waals surface area contributed by atoms with Crippen LogP contribution in [0.4, 0.5) is 0 Å². The van der Waals surface area contributed by atoms with Crippen molar-refractivity contribution in [3.8, 4) is 0 Å². The van der Waals surface area contributed by atoms with E-state index in [4.69, 9.17) is 0 Å². The molecule has 0 spiro atoms. The lowest BCUT2D eigenvalue weighted by Gasteiger charge is -2.01. The van der Waals surface area contributed by atoms with Crippen molar-refractivity contribution in [3.05, 3.63) is 20.7 Å². The molecule has 0 atom stereocenters. The molecule has 0 unspecified atom stereocenters. The average Bonchev–Trinajstić information content (AvgIpc) is 2.51. The van der Waals surface area contributed by atoms with Gasteiger partial charge in [0.25, 0.3) is 0 Å². The Bertz CT molecular complexity index is 281. The molecule has 1 aromatic heterocycles. The largest absolute Gasteiger partial charge is 0.320 e. The topological polar surface area (TPSA) is 56.9 Å². The molecule has 0 fully saturated rings. The Morgan fingerprint density at radius 2 is 2.38 bits per heavy atom. The van der Waals surface area contributed by atoms with Crippen LogP contribution in [0.2, 0.25) is 0 Å². The molecule has 1 rings (SSSR count). The van der Waals surface area contributed by atoms with Gasteiger partial charge in [-0.05, 0) is 26.6 Å². The summed E-state index contributed by atoms with van der Waals surface area (Å²) < 4.78 is 0. The lowest BCUT2D eigenvalue weighted by atomic mass is 10.4. The monoisotopic (exact) mass is 201 g/mol. The summed E-state index contributed by atoms with van der Waals surface area (Å²) in [6.45, 7) is 2.74. The summed E-state index contributed by atoms with van der Waals surface area (Å²) in [5.74, 6) is 0. The van der Waals surface area contributed by atoms with Gasteiger partial charge in [-0.3, -0.25) is 4.79 Å². The number of aromatic amines is 1. The van der Waals surface area contributed by atoms with Crippen molar-refractivity contribution in [2.24, 2.45) is 0 Å². The maximum Gasteiger partial charge on any atom is 0.304 e. The Labute approximate surface area is 81.4 Å². The van der Waals surface area contributed by atoms with Gasteiger partial charge in [0.15, 0.2) is 0 Å². The van der Waals surface area contributed by atoms with Crippen LogP contribution in [0, 0.1) is 0 Å². The minimum Gasteiger partial charge on any atom is -0.320 e. The van der Waals surface area contributed by atoms with Gasteiger partial charge in [-0.25, -0.2) is 0 Å². The molecular weight excluding hydrogens is 186 g/mol. The van der Waals surface area contributed by atoms with Gasteiger partial charge < -0.3 is 15.6 Å². The van der Waals surface area contributed by atoms with E-state index in [-0.39, 0.29) is 4.87 Å². The molecule has 0 radical (unpaired) electrons. The quantitative estimate of drug-likeness (QED) is 0.574. The van der Waals surface area contributed by atoms with Gasteiger partial charge in [0.2, 0.25) is 0 Å². The molecule has 0 aliphatic carbocycles. The van der Waals surface area contributed by atoms with E-state index in [0.717, 1.165) is 31.7 Å². The van der Waals surface area contributed by atoms with Gasteiger partial charge in [0.05, 0.1) is 0 Å². The SMILES string of the molecule is CNCCCNCc1csc(=O)[nH]1. The van der Waals surface area contributed by atoms with Gasteiger partial charge in [0, 0.05) is 17.6 Å². The number of aromatic nitrogens is 1. The number of hydrogen-bond acceptors (Lipinski definition) is 4. The lowest BCUT2D eigenvalue weighted by molar-refractivity contribution is 0.620. The van der Waals surface area contributed by atoms with Crippen LogP contribution in [0.5, 0.6) is 0 Å². The zero-order valence-electron chi connectivity index (χ0n) is 7.72. The van der Waals surface area contributed by atoms with E-state index in [2.05, 4.69) is 15.6 Å². The number of hydrogen-bond donors (Lipinski definition) is 3. The highest BCUT2D eigenvalue weighted by atomic mass is 32.1. The fourth-order valence-corrected chi connectivity index (χ4v) is 1.60. The van der Waals surface area contributed by atoms with Crippen molar-refractivity contribution >= 4 is 11.3 Å². The van der Waals surface area contributed by atoms with E-state index < -0.39 is 0 Å². The number of H-pyrrole nitrogens is 1. The molecule has 0 aliphatic heterocycles. The average molecular weight is 201 g/mol. The van der Waals surface area contributed by atoms with Crippen LogP contribution in [0.15, 0.2) is 10.2 Å². The third-order valence-electron chi connectivity index (χ3n) is 1.67. The third-order valence-corrected chi connectivity index (χ3v) is 2.39. The number of rotatable bonds is 6. The van der Waals surface area contributed by atoms with Crippen molar-refractivity contribution < 1.29 is 0 Å². The molecule has 0 saturated heterocycles. The lowest BCUT2D eigenvalue weighted by Crippen LogP contribution is -2.19. The van der Waals surface area contributed by atoms with E-state index in [9.17, 15) is 4.79 Å². The van der Waals surface area contributed by atoms with Crippen molar-refractivity contribution in [2.45, 2.75) is 13.0 Å². The fourth-order valence-electron chi connectivity index (χ4n) is 1.01. The van der Waals surface area contributed by atoms with Crippen LogP contribution < -0.4 is 15.5 Å². The first-order valence-corrected chi connectivity index (χ1v) is 5.23. The van der Waals surface area contributed by atoms with Gasteiger partial charge in [-0.1, -0.05) is 11.3 Å². The maximum atomic E-state index is 10.8. The fraction of sp³-hybridized carbons (Fsp3) is 0.625. The van der Waals surface area contributed by atoms with Crippen LogP contribution in [-0.4, -0.2) is 25.1 Å². The Morgan fingerprint density at radius 3 is 3.00 bits per heavy atom. The van der Waals surface area contributed by atoms with Crippen LogP contribution >= 0.6 is 11.3 Å².